The third kappa shape index (κ3) is 4.20. The van der Waals surface area contributed by atoms with Crippen molar-refractivity contribution < 1.29 is 18.8 Å². The summed E-state index contributed by atoms with van der Waals surface area (Å²) in [5.41, 5.74) is 2.45. The molecule has 0 aliphatic carbocycles. The van der Waals surface area contributed by atoms with E-state index in [4.69, 9.17) is 0 Å². The van der Waals surface area contributed by atoms with Crippen molar-refractivity contribution >= 4 is 29.0 Å². The van der Waals surface area contributed by atoms with Gasteiger partial charge in [-0.2, -0.15) is 0 Å². The lowest BCUT2D eigenvalue weighted by molar-refractivity contribution is -0.136. The highest BCUT2D eigenvalue weighted by Crippen LogP contribution is 2.30. The van der Waals surface area contributed by atoms with Gasteiger partial charge in [-0.3, -0.25) is 19.3 Å². The van der Waals surface area contributed by atoms with Crippen LogP contribution in [-0.2, 0) is 14.4 Å². The van der Waals surface area contributed by atoms with Gasteiger partial charge in [-0.15, -0.1) is 0 Å². The van der Waals surface area contributed by atoms with E-state index in [2.05, 4.69) is 5.32 Å². The molecule has 158 valence electrons. The van der Waals surface area contributed by atoms with Crippen molar-refractivity contribution in [1.29, 1.82) is 0 Å². The van der Waals surface area contributed by atoms with Crippen LogP contribution < -0.4 is 5.32 Å². The van der Waals surface area contributed by atoms with Gasteiger partial charge in [-0.05, 0) is 49.5 Å². The standard InChI is InChI=1S/C23H26FN3O3/c1-4-6-8-15(5-2)16-10-11-19(18(24)13-16)25-20(28)14-27-12-7-9-17-21(27)23(30)26(3)22(17)29/h5-6,8,10-11,13H,4,7,9,12,14H2,1-3H3,(H,25,28)/b8-6-,15-5+. The molecule has 1 N–H and O–H groups in total. The zero-order valence-electron chi connectivity index (χ0n) is 17.5. The molecule has 6 nitrogen and oxygen atoms in total. The van der Waals surface area contributed by atoms with Gasteiger partial charge >= 0.3 is 0 Å². The molecule has 0 aromatic heterocycles. The van der Waals surface area contributed by atoms with Crippen molar-refractivity contribution in [2.24, 2.45) is 0 Å². The number of likely N-dealkylation sites (N-methyl/N-ethyl adjacent to an activating group) is 1. The fourth-order valence-electron chi connectivity index (χ4n) is 3.72. The van der Waals surface area contributed by atoms with Gasteiger partial charge in [-0.25, -0.2) is 4.39 Å². The Bertz CT molecular complexity index is 978. The van der Waals surface area contributed by atoms with Gasteiger partial charge in [0, 0.05) is 19.2 Å². The van der Waals surface area contributed by atoms with Crippen LogP contribution in [0, 0.1) is 5.82 Å². The van der Waals surface area contributed by atoms with Crippen molar-refractivity contribution in [2.45, 2.75) is 33.1 Å². The van der Waals surface area contributed by atoms with Crippen molar-refractivity contribution in [1.82, 2.24) is 9.80 Å². The molecule has 1 aromatic carbocycles. The van der Waals surface area contributed by atoms with E-state index < -0.39 is 17.6 Å². The zero-order chi connectivity index (χ0) is 21.8. The molecular formula is C23H26FN3O3. The molecule has 0 atom stereocenters. The maximum Gasteiger partial charge on any atom is 0.277 e. The Kier molecular flexibility index (Phi) is 6.50. The summed E-state index contributed by atoms with van der Waals surface area (Å²) in [6, 6.07) is 4.68. The summed E-state index contributed by atoms with van der Waals surface area (Å²) in [5.74, 6) is -1.67. The highest BCUT2D eigenvalue weighted by atomic mass is 19.1. The van der Waals surface area contributed by atoms with Gasteiger partial charge in [-0.1, -0.05) is 31.2 Å². The van der Waals surface area contributed by atoms with Crippen LogP contribution in [0.1, 0.15) is 38.7 Å². The molecule has 2 heterocycles. The normalized spacial score (nSPS) is 17.3. The second kappa shape index (κ2) is 9.07. The number of anilines is 1. The van der Waals surface area contributed by atoms with E-state index in [0.717, 1.165) is 22.5 Å². The van der Waals surface area contributed by atoms with Crippen LogP contribution in [0.5, 0.6) is 0 Å². The molecule has 7 heteroatoms. The number of carbonyl (C=O) groups excluding carboxylic acids is 3. The number of benzene rings is 1. The number of allylic oxidation sites excluding steroid dienone is 4. The maximum absolute atomic E-state index is 14.6. The fourth-order valence-corrected chi connectivity index (χ4v) is 3.72. The van der Waals surface area contributed by atoms with Crippen LogP contribution in [-0.4, -0.2) is 47.7 Å². The fraction of sp³-hybridized carbons (Fsp3) is 0.348. The maximum atomic E-state index is 14.6. The average Bonchev–Trinajstić information content (AvgIpc) is 2.95. The summed E-state index contributed by atoms with van der Waals surface area (Å²) in [7, 11) is 1.44. The highest BCUT2D eigenvalue weighted by Gasteiger charge is 2.40. The SMILES string of the molecule is C/C=C(\C=C/CC)c1ccc(NC(=O)CN2CCCC3=C2C(=O)N(C)C3=O)c(F)c1. The van der Waals surface area contributed by atoms with Crippen molar-refractivity contribution in [3.8, 4) is 0 Å². The van der Waals surface area contributed by atoms with Gasteiger partial charge in [0.05, 0.1) is 12.2 Å². The molecule has 0 fully saturated rings. The van der Waals surface area contributed by atoms with E-state index in [-0.39, 0.29) is 18.1 Å². The first-order valence-corrected chi connectivity index (χ1v) is 10.1. The Morgan fingerprint density at radius 3 is 2.70 bits per heavy atom. The van der Waals surface area contributed by atoms with Gasteiger partial charge in [0.25, 0.3) is 11.8 Å². The lowest BCUT2D eigenvalue weighted by Gasteiger charge is -2.28. The molecule has 0 unspecified atom stereocenters. The lowest BCUT2D eigenvalue weighted by Crippen LogP contribution is -2.38. The summed E-state index contributed by atoms with van der Waals surface area (Å²) in [5, 5.41) is 2.58. The van der Waals surface area contributed by atoms with Gasteiger partial charge in [0.1, 0.15) is 11.5 Å². The molecule has 0 bridgehead atoms. The molecule has 2 aliphatic heterocycles. The van der Waals surface area contributed by atoms with E-state index >= 15 is 0 Å². The lowest BCUT2D eigenvalue weighted by atomic mass is 10.0. The quantitative estimate of drug-likeness (QED) is 0.575. The molecule has 0 spiro atoms. The topological polar surface area (TPSA) is 69.7 Å². The Hall–Kier alpha value is -3.22. The molecule has 30 heavy (non-hydrogen) atoms. The number of carbonyl (C=O) groups is 3. The van der Waals surface area contributed by atoms with Crippen LogP contribution in [0.25, 0.3) is 5.57 Å². The predicted octanol–water partition coefficient (Wildman–Crippen LogP) is 3.48. The van der Waals surface area contributed by atoms with Crippen LogP contribution in [0.2, 0.25) is 0 Å². The van der Waals surface area contributed by atoms with Crippen molar-refractivity contribution in [2.75, 3.05) is 25.5 Å². The average molecular weight is 411 g/mol. The van der Waals surface area contributed by atoms with Crippen LogP contribution in [0.15, 0.2) is 47.7 Å². The number of rotatable bonds is 6. The van der Waals surface area contributed by atoms with E-state index in [1.165, 1.54) is 19.2 Å². The second-order valence-electron chi connectivity index (χ2n) is 7.32. The summed E-state index contributed by atoms with van der Waals surface area (Å²) >= 11 is 0. The first-order chi connectivity index (χ1) is 14.4. The molecule has 2 aliphatic rings. The Morgan fingerprint density at radius 2 is 2.03 bits per heavy atom. The summed E-state index contributed by atoms with van der Waals surface area (Å²) < 4.78 is 14.6. The number of halogens is 1. The van der Waals surface area contributed by atoms with Gasteiger partial charge < -0.3 is 10.2 Å². The van der Waals surface area contributed by atoms with Gasteiger partial charge in [0.2, 0.25) is 5.91 Å². The van der Waals surface area contributed by atoms with E-state index in [0.29, 0.717) is 30.7 Å². The molecule has 0 saturated carbocycles. The first-order valence-electron chi connectivity index (χ1n) is 10.1. The first kappa shape index (κ1) is 21.5. The Labute approximate surface area is 175 Å². The number of hydrogen-bond donors (Lipinski definition) is 1. The summed E-state index contributed by atoms with van der Waals surface area (Å²) in [6.45, 7) is 4.29. The summed E-state index contributed by atoms with van der Waals surface area (Å²) in [6.07, 6.45) is 7.92. The van der Waals surface area contributed by atoms with Crippen LogP contribution >= 0.6 is 0 Å². The van der Waals surface area contributed by atoms with E-state index in [9.17, 15) is 18.8 Å². The largest absolute Gasteiger partial charge is 0.357 e. The third-order valence-electron chi connectivity index (χ3n) is 5.28. The minimum atomic E-state index is -0.532. The number of amides is 3. The van der Waals surface area contributed by atoms with Crippen LogP contribution in [0.4, 0.5) is 10.1 Å². The van der Waals surface area contributed by atoms with E-state index in [1.807, 2.05) is 32.1 Å². The number of nitrogens with one attached hydrogen (secondary N) is 1. The predicted molar refractivity (Wildman–Crippen MR) is 114 cm³/mol. The number of hydrogen-bond acceptors (Lipinski definition) is 4. The zero-order valence-corrected chi connectivity index (χ0v) is 17.5. The molecule has 1 aromatic rings. The number of imide groups is 1. The highest BCUT2D eigenvalue weighted by molar-refractivity contribution is 6.19. The second-order valence-corrected chi connectivity index (χ2v) is 7.32. The third-order valence-corrected chi connectivity index (χ3v) is 5.28. The number of nitrogens with zero attached hydrogens (tertiary/aromatic N) is 2. The minimum absolute atomic E-state index is 0.0795. The Morgan fingerprint density at radius 1 is 1.27 bits per heavy atom. The smallest absolute Gasteiger partial charge is 0.277 e. The molecule has 0 radical (unpaired) electrons. The molecule has 3 amide bonds. The van der Waals surface area contributed by atoms with Crippen molar-refractivity contribution in [3.05, 3.63) is 59.1 Å². The molecular weight excluding hydrogens is 385 g/mol. The molecule has 3 rings (SSSR count). The van der Waals surface area contributed by atoms with Crippen LogP contribution in [0.3, 0.4) is 0 Å². The van der Waals surface area contributed by atoms with E-state index in [1.54, 1.807) is 11.0 Å². The Balaban J connectivity index is 1.72. The molecule has 0 saturated heterocycles. The van der Waals surface area contributed by atoms with Crippen molar-refractivity contribution in [3.63, 3.8) is 0 Å². The minimum Gasteiger partial charge on any atom is -0.357 e. The summed E-state index contributed by atoms with van der Waals surface area (Å²) in [4.78, 5) is 39.7. The van der Waals surface area contributed by atoms with Gasteiger partial charge in [0.15, 0.2) is 0 Å². The monoisotopic (exact) mass is 411 g/mol.